The summed E-state index contributed by atoms with van der Waals surface area (Å²) in [5.41, 5.74) is 1.43. The Kier molecular flexibility index (Phi) is 4.91. The Bertz CT molecular complexity index is 1220. The van der Waals surface area contributed by atoms with Crippen LogP contribution < -0.4 is 10.9 Å². The molecular formula is C22H16ClN3O2. The van der Waals surface area contributed by atoms with E-state index in [0.717, 1.165) is 5.56 Å². The molecule has 3 aromatic carbocycles. The second-order valence-electron chi connectivity index (χ2n) is 6.31. The summed E-state index contributed by atoms with van der Waals surface area (Å²) in [6.45, 7) is 0.280. The number of anilines is 1. The smallest absolute Gasteiger partial charge is 0.276 e. The zero-order valence-electron chi connectivity index (χ0n) is 14.8. The third kappa shape index (κ3) is 3.66. The van der Waals surface area contributed by atoms with Crippen molar-refractivity contribution in [2.75, 3.05) is 5.32 Å². The normalized spacial score (nSPS) is 10.8. The van der Waals surface area contributed by atoms with Gasteiger partial charge in [-0.2, -0.15) is 5.10 Å². The van der Waals surface area contributed by atoms with Crippen LogP contribution in [-0.2, 0) is 6.54 Å². The summed E-state index contributed by atoms with van der Waals surface area (Å²) in [5.74, 6) is -0.403. The number of aromatic nitrogens is 2. The molecule has 0 spiro atoms. The van der Waals surface area contributed by atoms with Crippen molar-refractivity contribution in [3.63, 3.8) is 0 Å². The topological polar surface area (TPSA) is 64.0 Å². The zero-order chi connectivity index (χ0) is 19.5. The molecule has 0 aliphatic heterocycles. The Hall–Kier alpha value is -3.44. The monoisotopic (exact) mass is 389 g/mol. The van der Waals surface area contributed by atoms with Crippen molar-refractivity contribution in [2.45, 2.75) is 6.54 Å². The van der Waals surface area contributed by atoms with Crippen LogP contribution in [0.5, 0.6) is 0 Å². The Morgan fingerprint density at radius 2 is 1.64 bits per heavy atom. The molecule has 28 heavy (non-hydrogen) atoms. The van der Waals surface area contributed by atoms with Crippen LogP contribution in [0.4, 0.5) is 5.69 Å². The minimum atomic E-state index is -0.403. The van der Waals surface area contributed by atoms with Gasteiger partial charge in [0.15, 0.2) is 5.69 Å². The van der Waals surface area contributed by atoms with Crippen LogP contribution in [0.15, 0.2) is 83.7 Å². The van der Waals surface area contributed by atoms with E-state index in [1.165, 1.54) is 4.68 Å². The summed E-state index contributed by atoms with van der Waals surface area (Å²) in [5, 5.41) is 8.65. The number of hydrogen-bond acceptors (Lipinski definition) is 3. The number of rotatable bonds is 4. The highest BCUT2D eigenvalue weighted by molar-refractivity contribution is 6.31. The zero-order valence-corrected chi connectivity index (χ0v) is 15.6. The van der Waals surface area contributed by atoms with Crippen molar-refractivity contribution in [2.24, 2.45) is 0 Å². The molecule has 0 radical (unpaired) electrons. The fourth-order valence-electron chi connectivity index (χ4n) is 3.02. The van der Waals surface area contributed by atoms with Gasteiger partial charge in [0.1, 0.15) is 0 Å². The van der Waals surface area contributed by atoms with Crippen molar-refractivity contribution in [1.82, 2.24) is 9.78 Å². The van der Waals surface area contributed by atoms with E-state index < -0.39 is 5.91 Å². The van der Waals surface area contributed by atoms with Gasteiger partial charge in [0.25, 0.3) is 11.5 Å². The van der Waals surface area contributed by atoms with Crippen molar-refractivity contribution in [3.05, 3.63) is 105 Å². The highest BCUT2D eigenvalue weighted by Crippen LogP contribution is 2.18. The van der Waals surface area contributed by atoms with Gasteiger partial charge in [0.2, 0.25) is 0 Å². The van der Waals surface area contributed by atoms with Crippen LogP contribution in [0.1, 0.15) is 16.1 Å². The lowest BCUT2D eigenvalue weighted by atomic mass is 10.1. The molecule has 0 aliphatic carbocycles. The summed E-state index contributed by atoms with van der Waals surface area (Å²) >= 11 is 5.99. The molecule has 1 aromatic heterocycles. The van der Waals surface area contributed by atoms with Crippen molar-refractivity contribution >= 4 is 34.0 Å². The standard InChI is InChI=1S/C22H16ClN3O2/c23-16-9-6-10-17(13-16)24-21(27)20-18-11-4-5-12-19(18)22(28)26(25-20)14-15-7-2-1-3-8-15/h1-13H,14H2,(H,24,27). The molecule has 1 N–H and O–H groups in total. The Balaban J connectivity index is 1.79. The molecule has 0 fully saturated rings. The van der Waals surface area contributed by atoms with E-state index in [0.29, 0.717) is 21.5 Å². The summed E-state index contributed by atoms with van der Waals surface area (Å²) < 4.78 is 1.32. The SMILES string of the molecule is O=C(Nc1cccc(Cl)c1)c1nn(Cc2ccccc2)c(=O)c2ccccc12. The number of halogens is 1. The highest BCUT2D eigenvalue weighted by Gasteiger charge is 2.17. The molecule has 4 rings (SSSR count). The quantitative estimate of drug-likeness (QED) is 0.564. The molecular weight excluding hydrogens is 374 g/mol. The van der Waals surface area contributed by atoms with Crippen LogP contribution in [0.3, 0.4) is 0 Å². The number of nitrogens with one attached hydrogen (secondary N) is 1. The van der Waals surface area contributed by atoms with Gasteiger partial charge >= 0.3 is 0 Å². The number of carbonyl (C=O) groups is 1. The van der Waals surface area contributed by atoms with E-state index in [4.69, 9.17) is 11.6 Å². The molecule has 1 heterocycles. The predicted molar refractivity (Wildman–Crippen MR) is 111 cm³/mol. The van der Waals surface area contributed by atoms with Crippen LogP contribution in [0.2, 0.25) is 5.02 Å². The lowest BCUT2D eigenvalue weighted by Gasteiger charge is -2.11. The average molecular weight is 390 g/mol. The number of nitrogens with zero attached hydrogens (tertiary/aromatic N) is 2. The van der Waals surface area contributed by atoms with Gasteiger partial charge in [0.05, 0.1) is 11.9 Å². The van der Waals surface area contributed by atoms with E-state index in [9.17, 15) is 9.59 Å². The van der Waals surface area contributed by atoms with E-state index in [1.54, 1.807) is 48.5 Å². The van der Waals surface area contributed by atoms with Crippen molar-refractivity contribution in [1.29, 1.82) is 0 Å². The number of fused-ring (bicyclic) bond motifs is 1. The fourth-order valence-corrected chi connectivity index (χ4v) is 3.21. The summed E-state index contributed by atoms with van der Waals surface area (Å²) in [6.07, 6.45) is 0. The molecule has 138 valence electrons. The molecule has 5 nitrogen and oxygen atoms in total. The number of benzene rings is 3. The van der Waals surface area contributed by atoms with Crippen LogP contribution in [0, 0.1) is 0 Å². The Labute approximate surface area is 166 Å². The third-order valence-corrected chi connectivity index (χ3v) is 4.58. The van der Waals surface area contributed by atoms with Crippen LogP contribution in [0.25, 0.3) is 10.8 Å². The van der Waals surface area contributed by atoms with Gasteiger partial charge in [-0.25, -0.2) is 4.68 Å². The predicted octanol–water partition coefficient (Wildman–Crippen LogP) is 4.35. The van der Waals surface area contributed by atoms with Gasteiger partial charge in [-0.15, -0.1) is 0 Å². The van der Waals surface area contributed by atoms with Crippen LogP contribution >= 0.6 is 11.6 Å². The van der Waals surface area contributed by atoms with E-state index in [2.05, 4.69) is 10.4 Å². The van der Waals surface area contributed by atoms with E-state index in [1.807, 2.05) is 30.3 Å². The molecule has 0 unspecified atom stereocenters. The maximum Gasteiger partial charge on any atom is 0.276 e. The lowest BCUT2D eigenvalue weighted by Crippen LogP contribution is -2.28. The summed E-state index contributed by atoms with van der Waals surface area (Å²) in [4.78, 5) is 25.8. The Morgan fingerprint density at radius 3 is 2.39 bits per heavy atom. The first kappa shape index (κ1) is 17.9. The molecule has 0 atom stereocenters. The van der Waals surface area contributed by atoms with Gasteiger partial charge in [-0.1, -0.05) is 66.2 Å². The summed E-state index contributed by atoms with van der Waals surface area (Å²) in [6, 6.07) is 23.4. The van der Waals surface area contributed by atoms with Gasteiger partial charge < -0.3 is 5.32 Å². The molecule has 1 amide bonds. The first-order chi connectivity index (χ1) is 13.6. The minimum Gasteiger partial charge on any atom is -0.321 e. The third-order valence-electron chi connectivity index (χ3n) is 4.34. The first-order valence-corrected chi connectivity index (χ1v) is 9.10. The largest absolute Gasteiger partial charge is 0.321 e. The molecule has 0 aliphatic rings. The maximum absolute atomic E-state index is 12.9. The van der Waals surface area contributed by atoms with Crippen molar-refractivity contribution < 1.29 is 4.79 Å². The average Bonchev–Trinajstić information content (AvgIpc) is 2.71. The highest BCUT2D eigenvalue weighted by atomic mass is 35.5. The summed E-state index contributed by atoms with van der Waals surface area (Å²) in [7, 11) is 0. The molecule has 4 aromatic rings. The molecule has 0 saturated heterocycles. The van der Waals surface area contributed by atoms with Crippen molar-refractivity contribution in [3.8, 4) is 0 Å². The molecule has 0 saturated carbocycles. The molecule has 6 heteroatoms. The number of carbonyl (C=O) groups excluding carboxylic acids is 1. The minimum absolute atomic E-state index is 0.186. The fraction of sp³-hybridized carbons (Fsp3) is 0.0455. The Morgan fingerprint density at radius 1 is 0.929 bits per heavy atom. The first-order valence-electron chi connectivity index (χ1n) is 8.72. The van der Waals surface area contributed by atoms with Gasteiger partial charge in [-0.05, 0) is 29.8 Å². The van der Waals surface area contributed by atoms with Crippen LogP contribution in [-0.4, -0.2) is 15.7 Å². The van der Waals surface area contributed by atoms with E-state index >= 15 is 0 Å². The lowest BCUT2D eigenvalue weighted by molar-refractivity contribution is 0.102. The van der Waals surface area contributed by atoms with Gasteiger partial charge in [0, 0.05) is 16.1 Å². The second-order valence-corrected chi connectivity index (χ2v) is 6.74. The van der Waals surface area contributed by atoms with E-state index in [-0.39, 0.29) is 17.8 Å². The second kappa shape index (κ2) is 7.66. The van der Waals surface area contributed by atoms with Gasteiger partial charge in [-0.3, -0.25) is 9.59 Å². The molecule has 0 bridgehead atoms. The number of amides is 1. The maximum atomic E-state index is 12.9. The number of hydrogen-bond donors (Lipinski definition) is 1.